The van der Waals surface area contributed by atoms with E-state index in [-0.39, 0.29) is 16.7 Å². The van der Waals surface area contributed by atoms with Gasteiger partial charge in [-0.2, -0.15) is 0 Å². The van der Waals surface area contributed by atoms with Gasteiger partial charge in [-0.1, -0.05) is 41.6 Å². The van der Waals surface area contributed by atoms with Crippen LogP contribution in [0.1, 0.15) is 12.5 Å². The van der Waals surface area contributed by atoms with Crippen molar-refractivity contribution in [1.82, 2.24) is 14.5 Å². The van der Waals surface area contributed by atoms with Gasteiger partial charge in [-0.25, -0.2) is 4.98 Å². The Kier molecular flexibility index (Phi) is 5.13. The number of hydrogen-bond donors (Lipinski definition) is 0. The molecule has 0 saturated carbocycles. The van der Waals surface area contributed by atoms with Crippen molar-refractivity contribution >= 4 is 28.6 Å². The fourth-order valence-electron chi connectivity index (χ4n) is 2.69. The first-order chi connectivity index (χ1) is 12.4. The van der Waals surface area contributed by atoms with Gasteiger partial charge in [-0.05, 0) is 38.1 Å². The van der Waals surface area contributed by atoms with Gasteiger partial charge in [0.2, 0.25) is 5.91 Å². The molecule has 0 fully saturated rings. The van der Waals surface area contributed by atoms with Crippen LogP contribution in [0.3, 0.4) is 0 Å². The third kappa shape index (κ3) is 3.51. The fourth-order valence-corrected chi connectivity index (χ4v) is 3.76. The molecule has 0 bridgehead atoms. The summed E-state index contributed by atoms with van der Waals surface area (Å²) in [7, 11) is 3.44. The number of para-hydroxylation sites is 1. The highest BCUT2D eigenvalue weighted by molar-refractivity contribution is 8.00. The standard InChI is InChI=1S/C20H21N3O2S/c1-13-9-11-15(12-10-13)23-19(25)16-7-5-6-8-17(16)21-20(23)26-14(2)18(24)22(3)4/h5-12,14H,1-4H3/t14-/m1/s1. The van der Waals surface area contributed by atoms with Crippen molar-refractivity contribution in [2.24, 2.45) is 0 Å². The van der Waals surface area contributed by atoms with Gasteiger partial charge in [-0.15, -0.1) is 0 Å². The third-order valence-corrected chi connectivity index (χ3v) is 5.15. The molecule has 1 atom stereocenters. The van der Waals surface area contributed by atoms with Gasteiger partial charge < -0.3 is 4.90 Å². The molecule has 0 radical (unpaired) electrons. The predicted octanol–water partition coefficient (Wildman–Crippen LogP) is 3.26. The van der Waals surface area contributed by atoms with Crippen molar-refractivity contribution in [2.75, 3.05) is 14.1 Å². The minimum Gasteiger partial charge on any atom is -0.348 e. The van der Waals surface area contributed by atoms with Gasteiger partial charge in [0, 0.05) is 14.1 Å². The minimum absolute atomic E-state index is 0.0205. The van der Waals surface area contributed by atoms with Gasteiger partial charge in [0.15, 0.2) is 5.16 Å². The zero-order valence-electron chi connectivity index (χ0n) is 15.3. The van der Waals surface area contributed by atoms with Crippen LogP contribution in [0.15, 0.2) is 58.5 Å². The van der Waals surface area contributed by atoms with Crippen molar-refractivity contribution in [2.45, 2.75) is 24.3 Å². The molecular weight excluding hydrogens is 346 g/mol. The van der Waals surface area contributed by atoms with E-state index in [9.17, 15) is 9.59 Å². The number of carbonyl (C=O) groups excluding carboxylic acids is 1. The van der Waals surface area contributed by atoms with E-state index in [2.05, 4.69) is 4.98 Å². The summed E-state index contributed by atoms with van der Waals surface area (Å²) < 4.78 is 1.59. The van der Waals surface area contributed by atoms with Gasteiger partial charge in [0.05, 0.1) is 21.8 Å². The van der Waals surface area contributed by atoms with Crippen LogP contribution >= 0.6 is 11.8 Å². The Hall–Kier alpha value is -2.60. The summed E-state index contributed by atoms with van der Waals surface area (Å²) in [4.78, 5) is 31.6. The molecule has 1 aromatic heterocycles. The summed E-state index contributed by atoms with van der Waals surface area (Å²) in [6.45, 7) is 3.83. The molecule has 0 aliphatic rings. The molecule has 5 nitrogen and oxygen atoms in total. The number of nitrogens with zero attached hydrogens (tertiary/aromatic N) is 3. The number of fused-ring (bicyclic) bond motifs is 1. The molecule has 1 heterocycles. The predicted molar refractivity (Wildman–Crippen MR) is 106 cm³/mol. The van der Waals surface area contributed by atoms with Crippen LogP contribution in [-0.2, 0) is 4.79 Å². The lowest BCUT2D eigenvalue weighted by Crippen LogP contribution is -2.31. The van der Waals surface area contributed by atoms with Crippen molar-refractivity contribution < 1.29 is 4.79 Å². The highest BCUT2D eigenvalue weighted by Crippen LogP contribution is 2.25. The van der Waals surface area contributed by atoms with E-state index in [1.807, 2.05) is 56.3 Å². The number of hydrogen-bond acceptors (Lipinski definition) is 4. The monoisotopic (exact) mass is 367 g/mol. The summed E-state index contributed by atoms with van der Waals surface area (Å²) >= 11 is 1.30. The molecule has 0 saturated heterocycles. The lowest BCUT2D eigenvalue weighted by atomic mass is 10.2. The number of benzene rings is 2. The van der Waals surface area contributed by atoms with Gasteiger partial charge in [0.1, 0.15) is 0 Å². The molecule has 1 amide bonds. The molecule has 26 heavy (non-hydrogen) atoms. The topological polar surface area (TPSA) is 55.2 Å². The van der Waals surface area contributed by atoms with Crippen LogP contribution in [0, 0.1) is 6.92 Å². The van der Waals surface area contributed by atoms with E-state index in [4.69, 9.17) is 0 Å². The average molecular weight is 367 g/mol. The lowest BCUT2D eigenvalue weighted by Gasteiger charge is -2.18. The maximum absolute atomic E-state index is 13.1. The van der Waals surface area contributed by atoms with Crippen LogP contribution in [-0.4, -0.2) is 39.7 Å². The molecular formula is C20H21N3O2S. The average Bonchev–Trinajstić information content (AvgIpc) is 2.62. The SMILES string of the molecule is Cc1ccc(-n2c(S[C@H](C)C(=O)N(C)C)nc3ccccc3c2=O)cc1. The number of carbonyl (C=O) groups is 1. The maximum atomic E-state index is 13.1. The van der Waals surface area contributed by atoms with Crippen LogP contribution < -0.4 is 5.56 Å². The van der Waals surface area contributed by atoms with Crippen molar-refractivity contribution in [3.05, 3.63) is 64.4 Å². The highest BCUT2D eigenvalue weighted by atomic mass is 32.2. The second-order valence-electron chi connectivity index (χ2n) is 6.38. The fraction of sp³-hybridized carbons (Fsp3) is 0.250. The van der Waals surface area contributed by atoms with Gasteiger partial charge in [-0.3, -0.25) is 14.2 Å². The van der Waals surface area contributed by atoms with E-state index >= 15 is 0 Å². The van der Waals surface area contributed by atoms with Gasteiger partial charge >= 0.3 is 0 Å². The summed E-state index contributed by atoms with van der Waals surface area (Å²) in [5, 5.41) is 0.721. The second kappa shape index (κ2) is 7.33. The maximum Gasteiger partial charge on any atom is 0.266 e. The lowest BCUT2D eigenvalue weighted by molar-refractivity contribution is -0.127. The molecule has 3 aromatic rings. The number of aromatic nitrogens is 2. The largest absolute Gasteiger partial charge is 0.348 e. The van der Waals surface area contributed by atoms with E-state index in [1.54, 1.807) is 29.6 Å². The first-order valence-electron chi connectivity index (χ1n) is 8.35. The van der Waals surface area contributed by atoms with Crippen LogP contribution in [0.25, 0.3) is 16.6 Å². The van der Waals surface area contributed by atoms with Gasteiger partial charge in [0.25, 0.3) is 5.56 Å². The molecule has 0 N–H and O–H groups in total. The molecule has 6 heteroatoms. The number of rotatable bonds is 4. The Morgan fingerprint density at radius 2 is 1.77 bits per heavy atom. The Morgan fingerprint density at radius 1 is 1.12 bits per heavy atom. The van der Waals surface area contributed by atoms with E-state index in [0.717, 1.165) is 11.3 Å². The summed E-state index contributed by atoms with van der Waals surface area (Å²) in [6.07, 6.45) is 0. The van der Waals surface area contributed by atoms with Crippen molar-refractivity contribution in [1.29, 1.82) is 0 Å². The molecule has 0 unspecified atom stereocenters. The first kappa shape index (κ1) is 18.2. The Balaban J connectivity index is 2.19. The van der Waals surface area contributed by atoms with Crippen LogP contribution in [0.4, 0.5) is 0 Å². The normalized spacial score (nSPS) is 12.2. The number of aryl methyl sites for hydroxylation is 1. The zero-order chi connectivity index (χ0) is 18.8. The molecule has 2 aromatic carbocycles. The molecule has 0 aliphatic heterocycles. The Labute approximate surface area is 156 Å². The second-order valence-corrected chi connectivity index (χ2v) is 7.69. The zero-order valence-corrected chi connectivity index (χ0v) is 16.1. The number of thioether (sulfide) groups is 1. The Bertz CT molecular complexity index is 1010. The first-order valence-corrected chi connectivity index (χ1v) is 9.23. The molecule has 134 valence electrons. The van der Waals surface area contributed by atoms with E-state index in [1.165, 1.54) is 11.8 Å². The highest BCUT2D eigenvalue weighted by Gasteiger charge is 2.21. The van der Waals surface area contributed by atoms with Crippen molar-refractivity contribution in [3.63, 3.8) is 0 Å². The molecule has 3 rings (SSSR count). The van der Waals surface area contributed by atoms with Crippen LogP contribution in [0.2, 0.25) is 0 Å². The smallest absolute Gasteiger partial charge is 0.266 e. The summed E-state index contributed by atoms with van der Waals surface area (Å²) in [5.74, 6) is -0.0205. The quantitative estimate of drug-likeness (QED) is 0.525. The van der Waals surface area contributed by atoms with E-state index < -0.39 is 0 Å². The van der Waals surface area contributed by atoms with Crippen LogP contribution in [0.5, 0.6) is 0 Å². The summed E-state index contributed by atoms with van der Waals surface area (Å²) in [5.41, 5.74) is 2.35. The van der Waals surface area contributed by atoms with E-state index in [0.29, 0.717) is 16.1 Å². The molecule has 0 spiro atoms. The van der Waals surface area contributed by atoms with Crippen molar-refractivity contribution in [3.8, 4) is 5.69 Å². The Morgan fingerprint density at radius 3 is 2.42 bits per heavy atom. The minimum atomic E-state index is -0.352. The third-order valence-electron chi connectivity index (χ3n) is 4.11. The number of amides is 1. The summed E-state index contributed by atoms with van der Waals surface area (Å²) in [6, 6.07) is 15.0. The molecule has 0 aliphatic carbocycles.